The summed E-state index contributed by atoms with van der Waals surface area (Å²) in [5, 5.41) is 4.55. The molecular weight excluding hydrogens is 298 g/mol. The molecule has 1 aliphatic rings. The molecule has 1 aliphatic heterocycles. The molecule has 0 atom stereocenters. The van der Waals surface area contributed by atoms with Crippen LogP contribution >= 0.6 is 0 Å². The summed E-state index contributed by atoms with van der Waals surface area (Å²) in [6.07, 6.45) is 6.53. The molecule has 1 fully saturated rings. The van der Waals surface area contributed by atoms with Crippen molar-refractivity contribution in [3.8, 4) is 0 Å². The molecular formula is C19H29N5. The predicted octanol–water partition coefficient (Wildman–Crippen LogP) is 3.37. The summed E-state index contributed by atoms with van der Waals surface area (Å²) in [5.74, 6) is 1.84. The van der Waals surface area contributed by atoms with Crippen molar-refractivity contribution in [2.45, 2.75) is 32.1 Å². The first-order valence-electron chi connectivity index (χ1n) is 9.14. The van der Waals surface area contributed by atoms with Gasteiger partial charge in [-0.05, 0) is 39.1 Å². The molecule has 3 rings (SSSR count). The first-order chi connectivity index (χ1) is 11.7. The fourth-order valence-corrected chi connectivity index (χ4v) is 3.23. The fraction of sp³-hybridized carbons (Fsp3) is 0.579. The van der Waals surface area contributed by atoms with Gasteiger partial charge in [0.25, 0.3) is 0 Å². The van der Waals surface area contributed by atoms with Gasteiger partial charge >= 0.3 is 0 Å². The number of likely N-dealkylation sites (N-methyl/N-ethyl adjacent to an activating group) is 1. The van der Waals surface area contributed by atoms with Crippen molar-refractivity contribution < 1.29 is 0 Å². The van der Waals surface area contributed by atoms with Crippen LogP contribution in [-0.2, 0) is 0 Å². The van der Waals surface area contributed by atoms with Gasteiger partial charge in [-0.15, -0.1) is 0 Å². The van der Waals surface area contributed by atoms with E-state index >= 15 is 0 Å². The number of benzene rings is 1. The highest BCUT2D eigenvalue weighted by atomic mass is 15.2. The number of para-hydroxylation sites is 1. The van der Waals surface area contributed by atoms with E-state index in [0.717, 1.165) is 48.8 Å². The highest BCUT2D eigenvalue weighted by Gasteiger charge is 2.15. The van der Waals surface area contributed by atoms with Crippen molar-refractivity contribution in [2.24, 2.45) is 0 Å². The number of aromatic nitrogens is 2. The van der Waals surface area contributed by atoms with Crippen LogP contribution in [0.3, 0.4) is 0 Å². The van der Waals surface area contributed by atoms with Gasteiger partial charge in [-0.25, -0.2) is 4.98 Å². The third-order valence-corrected chi connectivity index (χ3v) is 4.58. The quantitative estimate of drug-likeness (QED) is 0.912. The summed E-state index contributed by atoms with van der Waals surface area (Å²) in [5.41, 5.74) is 1.02. The van der Waals surface area contributed by atoms with E-state index in [2.05, 4.69) is 53.5 Å². The Kier molecular flexibility index (Phi) is 5.86. The maximum Gasteiger partial charge on any atom is 0.225 e. The molecule has 2 aromatic rings. The highest BCUT2D eigenvalue weighted by molar-refractivity contribution is 5.90. The first-order valence-corrected chi connectivity index (χ1v) is 9.14. The Hall–Kier alpha value is -1.88. The number of nitrogens with zero attached hydrogens (tertiary/aromatic N) is 4. The second-order valence-electron chi connectivity index (χ2n) is 6.87. The van der Waals surface area contributed by atoms with Gasteiger partial charge in [-0.2, -0.15) is 4.98 Å². The van der Waals surface area contributed by atoms with Crippen molar-refractivity contribution in [2.75, 3.05) is 50.5 Å². The molecule has 5 nitrogen and oxygen atoms in total. The largest absolute Gasteiger partial charge is 0.356 e. The van der Waals surface area contributed by atoms with Gasteiger partial charge in [0.2, 0.25) is 5.95 Å². The van der Waals surface area contributed by atoms with Gasteiger partial charge in [0.05, 0.1) is 5.52 Å². The average molecular weight is 327 g/mol. The zero-order valence-corrected chi connectivity index (χ0v) is 15.0. The lowest BCUT2D eigenvalue weighted by molar-refractivity contribution is 0.425. The van der Waals surface area contributed by atoms with E-state index in [1.165, 1.54) is 32.1 Å². The van der Waals surface area contributed by atoms with E-state index in [9.17, 15) is 0 Å². The van der Waals surface area contributed by atoms with Crippen molar-refractivity contribution in [3.63, 3.8) is 0 Å². The number of nitrogens with one attached hydrogen (secondary N) is 1. The maximum atomic E-state index is 4.88. The molecule has 0 spiro atoms. The number of fused-ring (bicyclic) bond motifs is 1. The van der Waals surface area contributed by atoms with E-state index in [1.54, 1.807) is 0 Å². The first kappa shape index (κ1) is 17.0. The van der Waals surface area contributed by atoms with Gasteiger partial charge in [0.1, 0.15) is 5.82 Å². The van der Waals surface area contributed by atoms with Gasteiger partial charge in [-0.3, -0.25) is 0 Å². The van der Waals surface area contributed by atoms with Crippen LogP contribution in [0.25, 0.3) is 10.9 Å². The third kappa shape index (κ3) is 4.35. The number of hydrogen-bond donors (Lipinski definition) is 1. The van der Waals surface area contributed by atoms with Crippen LogP contribution in [0.5, 0.6) is 0 Å². The average Bonchev–Trinajstić information content (AvgIpc) is 2.54. The molecule has 24 heavy (non-hydrogen) atoms. The fourth-order valence-electron chi connectivity index (χ4n) is 3.23. The van der Waals surface area contributed by atoms with Crippen LogP contribution in [0.15, 0.2) is 24.3 Å². The Bertz CT molecular complexity index is 647. The topological polar surface area (TPSA) is 44.3 Å². The van der Waals surface area contributed by atoms with Gasteiger partial charge in [-0.1, -0.05) is 31.4 Å². The number of rotatable bonds is 5. The van der Waals surface area contributed by atoms with Gasteiger partial charge in [0.15, 0.2) is 0 Å². The van der Waals surface area contributed by atoms with Crippen molar-refractivity contribution >= 4 is 22.7 Å². The lowest BCUT2D eigenvalue weighted by Gasteiger charge is -2.27. The lowest BCUT2D eigenvalue weighted by atomic mass is 10.1. The van der Waals surface area contributed by atoms with E-state index in [-0.39, 0.29) is 0 Å². The van der Waals surface area contributed by atoms with Crippen LogP contribution in [-0.4, -0.2) is 55.1 Å². The molecule has 1 saturated heterocycles. The Balaban J connectivity index is 1.88. The molecule has 0 bridgehead atoms. The summed E-state index contributed by atoms with van der Waals surface area (Å²) in [6.45, 7) is 4.01. The number of anilines is 2. The molecule has 0 amide bonds. The predicted molar refractivity (Wildman–Crippen MR) is 102 cm³/mol. The second kappa shape index (κ2) is 8.29. The van der Waals surface area contributed by atoms with Crippen LogP contribution in [0.1, 0.15) is 32.1 Å². The second-order valence-corrected chi connectivity index (χ2v) is 6.87. The minimum atomic E-state index is 0.743. The molecule has 5 heteroatoms. The van der Waals surface area contributed by atoms with E-state index in [0.29, 0.717) is 0 Å². The Labute approximate surface area is 145 Å². The molecule has 0 unspecified atom stereocenters. The molecule has 1 aromatic heterocycles. The van der Waals surface area contributed by atoms with E-state index in [4.69, 9.17) is 9.97 Å². The van der Waals surface area contributed by atoms with Crippen LogP contribution in [0.2, 0.25) is 0 Å². The molecule has 0 radical (unpaired) electrons. The normalized spacial score (nSPS) is 16.2. The van der Waals surface area contributed by atoms with Gasteiger partial charge in [0, 0.05) is 31.6 Å². The standard InChI is InChI=1S/C19H29N5/c1-23(2)15-12-20-19-21-17-11-7-6-10-16(17)18(22-19)24-13-8-4-3-5-9-14-24/h6-7,10-11H,3-5,8-9,12-15H2,1-2H3,(H,20,21,22). The zero-order chi connectivity index (χ0) is 16.8. The summed E-state index contributed by atoms with van der Waals surface area (Å²) in [7, 11) is 4.16. The summed E-state index contributed by atoms with van der Waals surface area (Å²) in [4.78, 5) is 14.2. The summed E-state index contributed by atoms with van der Waals surface area (Å²) in [6, 6.07) is 8.36. The minimum absolute atomic E-state index is 0.743. The summed E-state index contributed by atoms with van der Waals surface area (Å²) >= 11 is 0. The molecule has 1 N–H and O–H groups in total. The zero-order valence-electron chi connectivity index (χ0n) is 15.0. The SMILES string of the molecule is CN(C)CCNc1nc(N2CCCCCCC2)c2ccccc2n1. The third-order valence-electron chi connectivity index (χ3n) is 4.58. The Morgan fingerprint density at radius 2 is 1.71 bits per heavy atom. The lowest BCUT2D eigenvalue weighted by Crippen LogP contribution is -2.28. The Morgan fingerprint density at radius 3 is 2.46 bits per heavy atom. The molecule has 130 valence electrons. The molecule has 1 aromatic carbocycles. The van der Waals surface area contributed by atoms with Crippen molar-refractivity contribution in [1.29, 1.82) is 0 Å². The minimum Gasteiger partial charge on any atom is -0.356 e. The number of hydrogen-bond acceptors (Lipinski definition) is 5. The van der Waals surface area contributed by atoms with Crippen LogP contribution in [0, 0.1) is 0 Å². The van der Waals surface area contributed by atoms with Crippen molar-refractivity contribution in [3.05, 3.63) is 24.3 Å². The highest BCUT2D eigenvalue weighted by Crippen LogP contribution is 2.27. The molecule has 2 heterocycles. The summed E-state index contributed by atoms with van der Waals surface area (Å²) < 4.78 is 0. The van der Waals surface area contributed by atoms with Crippen molar-refractivity contribution in [1.82, 2.24) is 14.9 Å². The molecule has 0 aliphatic carbocycles. The van der Waals surface area contributed by atoms with E-state index in [1.807, 2.05) is 0 Å². The van der Waals surface area contributed by atoms with E-state index < -0.39 is 0 Å². The van der Waals surface area contributed by atoms with Crippen LogP contribution < -0.4 is 10.2 Å². The molecule has 0 saturated carbocycles. The Morgan fingerprint density at radius 1 is 1.00 bits per heavy atom. The van der Waals surface area contributed by atoms with Gasteiger partial charge < -0.3 is 15.1 Å². The van der Waals surface area contributed by atoms with Crippen LogP contribution in [0.4, 0.5) is 11.8 Å². The monoisotopic (exact) mass is 327 g/mol. The maximum absolute atomic E-state index is 4.88. The smallest absolute Gasteiger partial charge is 0.225 e.